The summed E-state index contributed by atoms with van der Waals surface area (Å²) in [5.74, 6) is -0.433. The normalized spacial score (nSPS) is 18.1. The van der Waals surface area contributed by atoms with E-state index in [1.54, 1.807) is 18.2 Å². The van der Waals surface area contributed by atoms with E-state index in [0.717, 1.165) is 11.1 Å². The quantitative estimate of drug-likeness (QED) is 0.749. The van der Waals surface area contributed by atoms with Crippen molar-refractivity contribution in [2.24, 2.45) is 0 Å². The fraction of sp³-hybridized carbons (Fsp3) is 0.385. The highest BCUT2D eigenvalue weighted by molar-refractivity contribution is 5.84. The molecule has 0 saturated heterocycles. The Bertz CT molecular complexity index is 498. The Morgan fingerprint density at radius 3 is 2.72 bits per heavy atom. The molecule has 18 heavy (non-hydrogen) atoms. The summed E-state index contributed by atoms with van der Waals surface area (Å²) in [7, 11) is 1.31. The summed E-state index contributed by atoms with van der Waals surface area (Å²) in [5, 5.41) is 9.44. The molecule has 2 rings (SSSR count). The molecule has 0 aliphatic carbocycles. The number of nitrogens with zero attached hydrogens (tertiary/aromatic N) is 1. The summed E-state index contributed by atoms with van der Waals surface area (Å²) in [4.78, 5) is 24.7. The number of aromatic hydroxyl groups is 1. The van der Waals surface area contributed by atoms with E-state index in [1.807, 2.05) is 0 Å². The topological polar surface area (TPSA) is 66.8 Å². The number of esters is 1. The molecule has 1 amide bonds. The van der Waals surface area contributed by atoms with Crippen LogP contribution in [0.5, 0.6) is 5.75 Å². The van der Waals surface area contributed by atoms with Crippen molar-refractivity contribution in [1.29, 1.82) is 0 Å². The first-order valence-electron chi connectivity index (χ1n) is 5.68. The Kier molecular flexibility index (Phi) is 3.23. The first-order valence-corrected chi connectivity index (χ1v) is 5.68. The lowest BCUT2D eigenvalue weighted by atomic mass is 9.93. The summed E-state index contributed by atoms with van der Waals surface area (Å²) in [6.45, 7) is 1.74. The number of rotatable bonds is 1. The largest absolute Gasteiger partial charge is 0.508 e. The molecular weight excluding hydrogens is 234 g/mol. The van der Waals surface area contributed by atoms with Crippen molar-refractivity contribution in [2.45, 2.75) is 25.9 Å². The number of carbonyl (C=O) groups is 2. The van der Waals surface area contributed by atoms with Gasteiger partial charge in [0.2, 0.25) is 5.91 Å². The van der Waals surface area contributed by atoms with Gasteiger partial charge >= 0.3 is 5.97 Å². The molecule has 0 unspecified atom stereocenters. The van der Waals surface area contributed by atoms with Gasteiger partial charge in [-0.05, 0) is 23.3 Å². The number of phenolic OH excluding ortho intramolecular Hbond substituents is 1. The summed E-state index contributed by atoms with van der Waals surface area (Å²) < 4.78 is 4.73. The van der Waals surface area contributed by atoms with Gasteiger partial charge in [0.15, 0.2) is 0 Å². The molecule has 5 heteroatoms. The van der Waals surface area contributed by atoms with Crippen LogP contribution in [0.2, 0.25) is 0 Å². The van der Waals surface area contributed by atoms with Crippen LogP contribution in [0, 0.1) is 0 Å². The van der Waals surface area contributed by atoms with Crippen LogP contribution in [0.4, 0.5) is 0 Å². The number of hydrogen-bond acceptors (Lipinski definition) is 4. The highest BCUT2D eigenvalue weighted by Crippen LogP contribution is 2.27. The zero-order chi connectivity index (χ0) is 13.3. The van der Waals surface area contributed by atoms with E-state index in [0.29, 0.717) is 13.0 Å². The maximum Gasteiger partial charge on any atom is 0.328 e. The molecule has 1 aromatic rings. The van der Waals surface area contributed by atoms with E-state index < -0.39 is 12.0 Å². The fourth-order valence-corrected chi connectivity index (χ4v) is 2.25. The zero-order valence-corrected chi connectivity index (χ0v) is 10.3. The maximum absolute atomic E-state index is 11.7. The van der Waals surface area contributed by atoms with Crippen LogP contribution in [0.15, 0.2) is 18.2 Å². The molecule has 0 fully saturated rings. The first kappa shape index (κ1) is 12.4. The Labute approximate surface area is 105 Å². The third-order valence-corrected chi connectivity index (χ3v) is 3.20. The molecule has 0 bridgehead atoms. The van der Waals surface area contributed by atoms with Crippen LogP contribution in [0.1, 0.15) is 18.1 Å². The van der Waals surface area contributed by atoms with E-state index in [4.69, 9.17) is 4.74 Å². The van der Waals surface area contributed by atoms with E-state index in [1.165, 1.54) is 18.9 Å². The van der Waals surface area contributed by atoms with Gasteiger partial charge in [0.1, 0.15) is 11.8 Å². The first-order chi connectivity index (χ1) is 8.52. The Balaban J connectivity index is 2.37. The number of ether oxygens (including phenoxy) is 1. The Morgan fingerprint density at radius 2 is 2.11 bits per heavy atom. The van der Waals surface area contributed by atoms with Gasteiger partial charge in [-0.2, -0.15) is 0 Å². The van der Waals surface area contributed by atoms with Gasteiger partial charge in [0.05, 0.1) is 7.11 Å². The molecule has 96 valence electrons. The van der Waals surface area contributed by atoms with Gasteiger partial charge in [-0.25, -0.2) is 4.79 Å². The van der Waals surface area contributed by atoms with Gasteiger partial charge in [-0.15, -0.1) is 0 Å². The Morgan fingerprint density at radius 1 is 1.39 bits per heavy atom. The van der Waals surface area contributed by atoms with Crippen LogP contribution in [-0.2, 0) is 27.3 Å². The number of fused-ring (bicyclic) bond motifs is 1. The van der Waals surface area contributed by atoms with E-state index in [-0.39, 0.29) is 11.7 Å². The molecule has 1 heterocycles. The van der Waals surface area contributed by atoms with Crippen molar-refractivity contribution in [2.75, 3.05) is 7.11 Å². The molecule has 1 atom stereocenters. The molecule has 1 aliphatic rings. The van der Waals surface area contributed by atoms with Crippen LogP contribution in [-0.4, -0.2) is 35.0 Å². The smallest absolute Gasteiger partial charge is 0.328 e. The van der Waals surface area contributed by atoms with Crippen LogP contribution in [0.25, 0.3) is 0 Å². The molecule has 5 nitrogen and oxygen atoms in total. The molecule has 0 saturated carbocycles. The predicted molar refractivity (Wildman–Crippen MR) is 63.8 cm³/mol. The zero-order valence-electron chi connectivity index (χ0n) is 10.3. The summed E-state index contributed by atoms with van der Waals surface area (Å²) >= 11 is 0. The Hall–Kier alpha value is -2.04. The minimum atomic E-state index is -0.579. The minimum absolute atomic E-state index is 0.161. The second-order valence-corrected chi connectivity index (χ2v) is 4.34. The van der Waals surface area contributed by atoms with E-state index in [2.05, 4.69) is 0 Å². The second kappa shape index (κ2) is 4.68. The minimum Gasteiger partial charge on any atom is -0.508 e. The number of methoxy groups -OCH3 is 1. The van der Waals surface area contributed by atoms with Gasteiger partial charge in [0.25, 0.3) is 0 Å². The number of amides is 1. The van der Waals surface area contributed by atoms with Crippen molar-refractivity contribution in [3.63, 3.8) is 0 Å². The molecule has 1 aromatic carbocycles. The van der Waals surface area contributed by atoms with Gasteiger partial charge in [-0.3, -0.25) is 4.79 Å². The number of hydrogen-bond donors (Lipinski definition) is 1. The lowest BCUT2D eigenvalue weighted by Crippen LogP contribution is -2.48. The third kappa shape index (κ3) is 2.16. The van der Waals surface area contributed by atoms with Crippen molar-refractivity contribution in [3.8, 4) is 5.75 Å². The fourth-order valence-electron chi connectivity index (χ4n) is 2.25. The number of phenols is 1. The molecular formula is C13H15NO4. The van der Waals surface area contributed by atoms with E-state index >= 15 is 0 Å². The van der Waals surface area contributed by atoms with Crippen molar-refractivity contribution < 1.29 is 19.4 Å². The number of benzene rings is 1. The summed E-state index contributed by atoms with van der Waals surface area (Å²) in [6.07, 6.45) is 0.419. The highest BCUT2D eigenvalue weighted by atomic mass is 16.5. The average molecular weight is 249 g/mol. The van der Waals surface area contributed by atoms with Crippen molar-refractivity contribution in [1.82, 2.24) is 4.90 Å². The average Bonchev–Trinajstić information content (AvgIpc) is 2.36. The third-order valence-electron chi connectivity index (χ3n) is 3.20. The standard InChI is InChI=1S/C13H15NO4/c1-8(15)14-7-10-5-11(16)4-3-9(10)6-12(14)13(17)18-2/h3-5,12,16H,6-7H2,1-2H3/t12-/m0/s1. The molecule has 1 aliphatic heterocycles. The number of carbonyl (C=O) groups excluding carboxylic acids is 2. The molecule has 0 aromatic heterocycles. The monoisotopic (exact) mass is 249 g/mol. The summed E-state index contributed by atoms with van der Waals surface area (Å²) in [5.41, 5.74) is 1.83. The van der Waals surface area contributed by atoms with Crippen LogP contribution < -0.4 is 0 Å². The van der Waals surface area contributed by atoms with Gasteiger partial charge in [0, 0.05) is 19.9 Å². The lowest BCUT2D eigenvalue weighted by Gasteiger charge is -2.34. The van der Waals surface area contributed by atoms with Crippen molar-refractivity contribution in [3.05, 3.63) is 29.3 Å². The molecule has 0 radical (unpaired) electrons. The van der Waals surface area contributed by atoms with Gasteiger partial charge in [-0.1, -0.05) is 6.07 Å². The second-order valence-electron chi connectivity index (χ2n) is 4.34. The lowest BCUT2D eigenvalue weighted by molar-refractivity contribution is -0.153. The van der Waals surface area contributed by atoms with Crippen LogP contribution >= 0.6 is 0 Å². The molecule has 1 N–H and O–H groups in total. The predicted octanol–water partition coefficient (Wildman–Crippen LogP) is 0.838. The van der Waals surface area contributed by atoms with Crippen LogP contribution in [0.3, 0.4) is 0 Å². The molecule has 0 spiro atoms. The van der Waals surface area contributed by atoms with E-state index in [9.17, 15) is 14.7 Å². The highest BCUT2D eigenvalue weighted by Gasteiger charge is 2.33. The van der Waals surface area contributed by atoms with Gasteiger partial charge < -0.3 is 14.7 Å². The summed E-state index contributed by atoms with van der Waals surface area (Å²) in [6, 6.07) is 4.40. The SMILES string of the molecule is COC(=O)[C@@H]1Cc2ccc(O)cc2CN1C(C)=O. The maximum atomic E-state index is 11.7. The van der Waals surface area contributed by atoms with Crippen molar-refractivity contribution >= 4 is 11.9 Å².